The van der Waals surface area contributed by atoms with E-state index in [1.807, 2.05) is 0 Å². The molecule has 2 atom stereocenters. The zero-order chi connectivity index (χ0) is 12.0. The highest BCUT2D eigenvalue weighted by atomic mass is 16.5. The van der Waals surface area contributed by atoms with Crippen molar-refractivity contribution in [3.8, 4) is 0 Å². The molecule has 6 heteroatoms. The molecular formula is C10H19N3O3. The Labute approximate surface area is 94.9 Å². The van der Waals surface area contributed by atoms with Crippen molar-refractivity contribution in [2.24, 2.45) is 5.73 Å². The van der Waals surface area contributed by atoms with E-state index in [-0.39, 0.29) is 24.0 Å². The second-order valence-corrected chi connectivity index (χ2v) is 3.92. The van der Waals surface area contributed by atoms with Crippen molar-refractivity contribution in [1.29, 1.82) is 0 Å². The molecular weight excluding hydrogens is 210 g/mol. The van der Waals surface area contributed by atoms with E-state index in [1.165, 1.54) is 0 Å². The quantitative estimate of drug-likeness (QED) is 0.496. The van der Waals surface area contributed by atoms with Crippen LogP contribution in [0, 0.1) is 0 Å². The lowest BCUT2D eigenvalue weighted by Crippen LogP contribution is -2.40. The summed E-state index contributed by atoms with van der Waals surface area (Å²) >= 11 is 0. The minimum absolute atomic E-state index is 0.0379. The highest BCUT2D eigenvalue weighted by molar-refractivity contribution is 5.82. The molecule has 0 spiro atoms. The molecule has 2 unspecified atom stereocenters. The van der Waals surface area contributed by atoms with E-state index < -0.39 is 0 Å². The van der Waals surface area contributed by atoms with E-state index in [0.29, 0.717) is 32.4 Å². The van der Waals surface area contributed by atoms with Crippen LogP contribution < -0.4 is 16.4 Å². The molecule has 1 heterocycles. The molecule has 1 fully saturated rings. The molecule has 2 amide bonds. The molecule has 92 valence electrons. The summed E-state index contributed by atoms with van der Waals surface area (Å²) in [6.07, 6.45) is 1.69. The molecule has 0 bridgehead atoms. The minimum atomic E-state index is -0.340. The van der Waals surface area contributed by atoms with Gasteiger partial charge in [-0.15, -0.1) is 0 Å². The van der Waals surface area contributed by atoms with Crippen LogP contribution in [0.2, 0.25) is 0 Å². The Balaban J connectivity index is 2.13. The lowest BCUT2D eigenvalue weighted by atomic mass is 10.2. The van der Waals surface area contributed by atoms with Gasteiger partial charge in [0, 0.05) is 26.6 Å². The van der Waals surface area contributed by atoms with Crippen LogP contribution >= 0.6 is 0 Å². The van der Waals surface area contributed by atoms with Crippen LogP contribution in [-0.2, 0) is 14.3 Å². The molecule has 0 aromatic heterocycles. The van der Waals surface area contributed by atoms with Crippen LogP contribution in [0.25, 0.3) is 0 Å². The Kier molecular flexibility index (Phi) is 5.21. The summed E-state index contributed by atoms with van der Waals surface area (Å²) in [5.74, 6) is -0.378. The summed E-state index contributed by atoms with van der Waals surface area (Å²) in [4.78, 5) is 22.1. The molecule has 1 aliphatic rings. The summed E-state index contributed by atoms with van der Waals surface area (Å²) in [5, 5.41) is 5.84. The van der Waals surface area contributed by atoms with Gasteiger partial charge in [-0.2, -0.15) is 0 Å². The fourth-order valence-electron chi connectivity index (χ4n) is 1.68. The van der Waals surface area contributed by atoms with Gasteiger partial charge in [0.1, 0.15) is 0 Å². The van der Waals surface area contributed by atoms with Crippen molar-refractivity contribution in [1.82, 2.24) is 10.6 Å². The summed E-state index contributed by atoms with van der Waals surface area (Å²) in [6, 6.07) is -0.182. The van der Waals surface area contributed by atoms with Crippen molar-refractivity contribution in [3.63, 3.8) is 0 Å². The highest BCUT2D eigenvalue weighted by Crippen LogP contribution is 2.09. The van der Waals surface area contributed by atoms with Crippen LogP contribution in [0.4, 0.5) is 0 Å². The monoisotopic (exact) mass is 229 g/mol. The second-order valence-electron chi connectivity index (χ2n) is 3.92. The van der Waals surface area contributed by atoms with E-state index in [0.717, 1.165) is 0 Å². The number of amides is 2. The smallest absolute Gasteiger partial charge is 0.237 e. The molecule has 6 nitrogen and oxygen atoms in total. The average molecular weight is 229 g/mol. The van der Waals surface area contributed by atoms with Crippen molar-refractivity contribution < 1.29 is 14.3 Å². The third-order valence-electron chi connectivity index (χ3n) is 2.64. The van der Waals surface area contributed by atoms with Gasteiger partial charge in [0.25, 0.3) is 0 Å². The van der Waals surface area contributed by atoms with Gasteiger partial charge in [-0.25, -0.2) is 0 Å². The first-order valence-corrected chi connectivity index (χ1v) is 5.45. The third kappa shape index (κ3) is 4.16. The normalized spacial score (nSPS) is 24.3. The number of hydrogen-bond acceptors (Lipinski definition) is 4. The van der Waals surface area contributed by atoms with E-state index >= 15 is 0 Å². The van der Waals surface area contributed by atoms with E-state index in [2.05, 4.69) is 10.6 Å². The van der Waals surface area contributed by atoms with Gasteiger partial charge in [0.2, 0.25) is 11.8 Å². The van der Waals surface area contributed by atoms with Crippen molar-refractivity contribution >= 4 is 11.8 Å². The van der Waals surface area contributed by atoms with Gasteiger partial charge in [-0.1, -0.05) is 0 Å². The number of nitrogens with one attached hydrogen (secondary N) is 2. The predicted molar refractivity (Wildman–Crippen MR) is 58.6 cm³/mol. The van der Waals surface area contributed by atoms with Crippen LogP contribution in [0.5, 0.6) is 0 Å². The summed E-state index contributed by atoms with van der Waals surface area (Å²) < 4.78 is 5.14. The Hall–Kier alpha value is -1.14. The molecule has 0 saturated carbocycles. The first-order valence-electron chi connectivity index (χ1n) is 5.45. The van der Waals surface area contributed by atoms with Crippen LogP contribution in [0.3, 0.4) is 0 Å². The number of nitrogens with two attached hydrogens (primary N) is 1. The predicted octanol–water partition coefficient (Wildman–Crippen LogP) is -1.25. The molecule has 1 rings (SSSR count). The standard InChI is InChI=1S/C10H19N3O3/c1-16-7-5-8(13-6-7)10(15)12-4-2-3-9(11)14/h7-8,13H,2-6H2,1H3,(H2,11,14)(H,12,15). The number of primary amides is 1. The molecule has 0 aromatic rings. The van der Waals surface area contributed by atoms with Crippen molar-refractivity contribution in [2.45, 2.75) is 31.4 Å². The van der Waals surface area contributed by atoms with Gasteiger partial charge in [-0.05, 0) is 12.8 Å². The van der Waals surface area contributed by atoms with E-state index in [1.54, 1.807) is 7.11 Å². The Morgan fingerprint density at radius 1 is 1.56 bits per heavy atom. The topological polar surface area (TPSA) is 93.4 Å². The minimum Gasteiger partial charge on any atom is -0.380 e. The number of rotatable bonds is 6. The van der Waals surface area contributed by atoms with E-state index in [9.17, 15) is 9.59 Å². The van der Waals surface area contributed by atoms with E-state index in [4.69, 9.17) is 10.5 Å². The molecule has 0 radical (unpaired) electrons. The lowest BCUT2D eigenvalue weighted by molar-refractivity contribution is -0.123. The third-order valence-corrected chi connectivity index (χ3v) is 2.64. The SMILES string of the molecule is COC1CNC(C(=O)NCCCC(N)=O)C1. The zero-order valence-corrected chi connectivity index (χ0v) is 9.49. The highest BCUT2D eigenvalue weighted by Gasteiger charge is 2.28. The summed E-state index contributed by atoms with van der Waals surface area (Å²) in [6.45, 7) is 1.19. The fraction of sp³-hybridized carbons (Fsp3) is 0.800. The average Bonchev–Trinajstić information content (AvgIpc) is 2.72. The number of ether oxygens (including phenoxy) is 1. The number of carbonyl (C=O) groups excluding carboxylic acids is 2. The van der Waals surface area contributed by atoms with Gasteiger partial charge >= 0.3 is 0 Å². The molecule has 4 N–H and O–H groups in total. The van der Waals surface area contributed by atoms with Crippen molar-refractivity contribution in [2.75, 3.05) is 20.2 Å². The van der Waals surface area contributed by atoms with Crippen LogP contribution in [-0.4, -0.2) is 44.2 Å². The number of methoxy groups -OCH3 is 1. The largest absolute Gasteiger partial charge is 0.380 e. The van der Waals surface area contributed by atoms with Gasteiger partial charge in [-0.3, -0.25) is 9.59 Å². The summed E-state index contributed by atoms with van der Waals surface area (Å²) in [7, 11) is 1.64. The maximum Gasteiger partial charge on any atom is 0.237 e. The maximum absolute atomic E-state index is 11.6. The Morgan fingerprint density at radius 3 is 2.88 bits per heavy atom. The summed E-state index contributed by atoms with van der Waals surface area (Å²) in [5.41, 5.74) is 4.99. The van der Waals surface area contributed by atoms with Gasteiger partial charge in [0.15, 0.2) is 0 Å². The Bertz CT molecular complexity index is 258. The van der Waals surface area contributed by atoms with Gasteiger partial charge < -0.3 is 21.1 Å². The molecule has 0 aliphatic carbocycles. The van der Waals surface area contributed by atoms with Crippen LogP contribution in [0.15, 0.2) is 0 Å². The fourth-order valence-corrected chi connectivity index (χ4v) is 1.68. The lowest BCUT2D eigenvalue weighted by Gasteiger charge is -2.10. The molecule has 1 saturated heterocycles. The molecule has 1 aliphatic heterocycles. The molecule has 0 aromatic carbocycles. The molecule has 16 heavy (non-hydrogen) atoms. The second kappa shape index (κ2) is 6.44. The van der Waals surface area contributed by atoms with Crippen LogP contribution in [0.1, 0.15) is 19.3 Å². The number of hydrogen-bond donors (Lipinski definition) is 3. The van der Waals surface area contributed by atoms with Crippen molar-refractivity contribution in [3.05, 3.63) is 0 Å². The zero-order valence-electron chi connectivity index (χ0n) is 9.49. The number of carbonyl (C=O) groups is 2. The first-order chi connectivity index (χ1) is 7.63. The first kappa shape index (κ1) is 12.9. The maximum atomic E-state index is 11.6. The Morgan fingerprint density at radius 2 is 2.31 bits per heavy atom. The van der Waals surface area contributed by atoms with Gasteiger partial charge in [0.05, 0.1) is 12.1 Å².